The number of phenolic OH excluding ortho intramolecular Hbond substituents is 1. The van der Waals surface area contributed by atoms with Crippen LogP contribution in [0, 0.1) is 18.3 Å². The number of rotatable bonds is 5. The average molecular weight is 430 g/mol. The molecular formula is C21H18N8O3. The molecule has 3 heterocycles. The maximum Gasteiger partial charge on any atom is 0.335 e. The lowest BCUT2D eigenvalue weighted by Crippen LogP contribution is -2.16. The maximum atomic E-state index is 11.5. The Labute approximate surface area is 181 Å². The summed E-state index contributed by atoms with van der Waals surface area (Å²) in [5.74, 6) is -0.712. The van der Waals surface area contributed by atoms with Gasteiger partial charge in [0.1, 0.15) is 35.3 Å². The van der Waals surface area contributed by atoms with E-state index in [1.165, 1.54) is 24.5 Å². The zero-order valence-corrected chi connectivity index (χ0v) is 17.1. The van der Waals surface area contributed by atoms with Crippen molar-refractivity contribution in [3.8, 4) is 23.1 Å². The molecule has 11 heteroatoms. The van der Waals surface area contributed by atoms with Gasteiger partial charge in [0.2, 0.25) is 0 Å². The van der Waals surface area contributed by atoms with Crippen LogP contribution in [0.15, 0.2) is 36.8 Å². The number of carboxylic acid groups (broad SMARTS) is 1. The molecule has 0 bridgehead atoms. The van der Waals surface area contributed by atoms with Crippen molar-refractivity contribution in [1.29, 1.82) is 5.26 Å². The number of aromatic hydroxyl groups is 1. The van der Waals surface area contributed by atoms with Crippen molar-refractivity contribution in [3.05, 3.63) is 59.3 Å². The van der Waals surface area contributed by atoms with Crippen LogP contribution in [0.4, 0.5) is 11.6 Å². The van der Waals surface area contributed by atoms with Gasteiger partial charge in [0.15, 0.2) is 5.82 Å². The number of carbonyl (C=O) groups is 1. The van der Waals surface area contributed by atoms with Crippen LogP contribution < -0.4 is 11.1 Å². The van der Waals surface area contributed by atoms with E-state index in [4.69, 9.17) is 5.73 Å². The molecule has 0 unspecified atom stereocenters. The first-order valence-corrected chi connectivity index (χ1v) is 9.49. The topological polar surface area (TPSA) is 175 Å². The van der Waals surface area contributed by atoms with Gasteiger partial charge in [0.05, 0.1) is 22.8 Å². The Morgan fingerprint density at radius 1 is 1.31 bits per heavy atom. The van der Waals surface area contributed by atoms with Crippen molar-refractivity contribution in [2.75, 3.05) is 11.1 Å². The van der Waals surface area contributed by atoms with Gasteiger partial charge in [0, 0.05) is 11.8 Å². The van der Waals surface area contributed by atoms with Crippen LogP contribution in [-0.2, 0) is 0 Å². The van der Waals surface area contributed by atoms with Gasteiger partial charge < -0.3 is 21.3 Å². The van der Waals surface area contributed by atoms with Crippen molar-refractivity contribution >= 4 is 23.1 Å². The smallest absolute Gasteiger partial charge is 0.335 e. The van der Waals surface area contributed by atoms with Gasteiger partial charge in [-0.25, -0.2) is 24.3 Å². The van der Waals surface area contributed by atoms with Crippen LogP contribution in [-0.4, -0.2) is 40.7 Å². The molecular weight excluding hydrogens is 412 g/mol. The number of aryl methyl sites for hydroxylation is 1. The highest BCUT2D eigenvalue weighted by Gasteiger charge is 2.20. The summed E-state index contributed by atoms with van der Waals surface area (Å²) in [6.07, 6.45) is 3.01. The molecule has 0 aliphatic rings. The highest BCUT2D eigenvalue weighted by atomic mass is 16.4. The number of anilines is 2. The lowest BCUT2D eigenvalue weighted by atomic mass is 10.1. The van der Waals surface area contributed by atoms with Crippen molar-refractivity contribution in [1.82, 2.24) is 24.6 Å². The third-order valence-corrected chi connectivity index (χ3v) is 4.90. The summed E-state index contributed by atoms with van der Waals surface area (Å²) in [5.41, 5.74) is 8.22. The van der Waals surface area contributed by atoms with E-state index >= 15 is 0 Å². The van der Waals surface area contributed by atoms with Gasteiger partial charge in [-0.1, -0.05) is 0 Å². The number of fused-ring (bicyclic) bond motifs is 1. The Kier molecular flexibility index (Phi) is 5.04. The SMILES string of the molecule is Cc1ccn2nc([C@H](C)Nc3ncnc(N)c3C#N)nc(-c3cc(O)cc(C(=O)O)c3)c12. The molecule has 1 atom stereocenters. The lowest BCUT2D eigenvalue weighted by Gasteiger charge is -2.16. The van der Waals surface area contributed by atoms with Gasteiger partial charge in [-0.15, -0.1) is 0 Å². The minimum Gasteiger partial charge on any atom is -0.508 e. The van der Waals surface area contributed by atoms with Crippen molar-refractivity contribution < 1.29 is 15.0 Å². The van der Waals surface area contributed by atoms with E-state index < -0.39 is 12.0 Å². The second kappa shape index (κ2) is 7.84. The number of hydrogen-bond donors (Lipinski definition) is 4. The second-order valence-electron chi connectivity index (χ2n) is 7.14. The maximum absolute atomic E-state index is 11.5. The van der Waals surface area contributed by atoms with Gasteiger partial charge in [0.25, 0.3) is 0 Å². The number of nitrogens with two attached hydrogens (primary N) is 1. The number of nitrogens with zero attached hydrogens (tertiary/aromatic N) is 6. The fourth-order valence-electron chi connectivity index (χ4n) is 3.34. The number of phenols is 1. The number of aromatic carboxylic acids is 1. The van der Waals surface area contributed by atoms with Gasteiger partial charge in [-0.05, 0) is 43.7 Å². The number of nitriles is 1. The number of benzene rings is 1. The first-order valence-electron chi connectivity index (χ1n) is 9.49. The minimum atomic E-state index is -1.17. The molecule has 0 saturated carbocycles. The molecule has 0 amide bonds. The highest BCUT2D eigenvalue weighted by Crippen LogP contribution is 2.31. The van der Waals surface area contributed by atoms with E-state index in [1.54, 1.807) is 17.6 Å². The van der Waals surface area contributed by atoms with Crippen LogP contribution in [0.3, 0.4) is 0 Å². The molecule has 0 aliphatic heterocycles. The summed E-state index contributed by atoms with van der Waals surface area (Å²) in [6, 6.07) is 7.39. The predicted octanol–water partition coefficient (Wildman–Crippen LogP) is 2.53. The minimum absolute atomic E-state index is 0.0521. The van der Waals surface area contributed by atoms with E-state index in [2.05, 4.69) is 25.4 Å². The van der Waals surface area contributed by atoms with Crippen LogP contribution in [0.2, 0.25) is 0 Å². The Morgan fingerprint density at radius 2 is 2.09 bits per heavy atom. The Morgan fingerprint density at radius 3 is 2.81 bits per heavy atom. The molecule has 0 fully saturated rings. The molecule has 160 valence electrons. The van der Waals surface area contributed by atoms with E-state index in [9.17, 15) is 20.3 Å². The summed E-state index contributed by atoms with van der Waals surface area (Å²) in [4.78, 5) is 24.0. The molecule has 32 heavy (non-hydrogen) atoms. The van der Waals surface area contributed by atoms with Gasteiger partial charge in [-0.2, -0.15) is 10.4 Å². The van der Waals surface area contributed by atoms with Gasteiger partial charge in [-0.3, -0.25) is 0 Å². The first-order chi connectivity index (χ1) is 15.3. The fraction of sp³-hybridized carbons (Fsp3) is 0.143. The summed E-state index contributed by atoms with van der Waals surface area (Å²) in [7, 11) is 0. The summed E-state index contributed by atoms with van der Waals surface area (Å²) in [6.45, 7) is 3.67. The number of aromatic nitrogens is 5. The molecule has 0 radical (unpaired) electrons. The summed E-state index contributed by atoms with van der Waals surface area (Å²) >= 11 is 0. The third kappa shape index (κ3) is 3.61. The van der Waals surface area contributed by atoms with Gasteiger partial charge >= 0.3 is 5.97 Å². The van der Waals surface area contributed by atoms with Crippen LogP contribution in [0.1, 0.15) is 40.3 Å². The van der Waals surface area contributed by atoms with Crippen molar-refractivity contribution in [2.45, 2.75) is 19.9 Å². The summed E-state index contributed by atoms with van der Waals surface area (Å²) < 4.78 is 1.63. The van der Waals surface area contributed by atoms with Crippen molar-refractivity contribution in [2.24, 2.45) is 0 Å². The van der Waals surface area contributed by atoms with E-state index in [0.717, 1.165) is 5.56 Å². The number of nitrogen functional groups attached to an aromatic ring is 1. The average Bonchev–Trinajstić information content (AvgIpc) is 3.13. The quantitative estimate of drug-likeness (QED) is 0.368. The molecule has 11 nitrogen and oxygen atoms in total. The molecule has 1 aromatic carbocycles. The molecule has 4 aromatic rings. The molecule has 3 aromatic heterocycles. The molecule has 4 rings (SSSR count). The molecule has 0 spiro atoms. The largest absolute Gasteiger partial charge is 0.508 e. The third-order valence-electron chi connectivity index (χ3n) is 4.90. The summed E-state index contributed by atoms with van der Waals surface area (Å²) in [5, 5.41) is 36.4. The number of hydrogen-bond acceptors (Lipinski definition) is 9. The fourth-order valence-corrected chi connectivity index (χ4v) is 3.34. The molecule has 0 saturated heterocycles. The van der Waals surface area contributed by atoms with E-state index in [1.807, 2.05) is 19.1 Å². The number of carboxylic acids is 1. The number of nitrogens with one attached hydrogen (secondary N) is 1. The van der Waals surface area contributed by atoms with Crippen LogP contribution >= 0.6 is 0 Å². The van der Waals surface area contributed by atoms with E-state index in [-0.39, 0.29) is 28.5 Å². The monoisotopic (exact) mass is 430 g/mol. The van der Waals surface area contributed by atoms with Crippen molar-refractivity contribution in [3.63, 3.8) is 0 Å². The first kappa shape index (κ1) is 20.5. The normalized spacial score (nSPS) is 11.8. The molecule has 0 aliphatic carbocycles. The van der Waals surface area contributed by atoms with E-state index in [0.29, 0.717) is 22.6 Å². The highest BCUT2D eigenvalue weighted by molar-refractivity contribution is 5.91. The van der Waals surface area contributed by atoms with Crippen LogP contribution in [0.25, 0.3) is 16.8 Å². The predicted molar refractivity (Wildman–Crippen MR) is 115 cm³/mol. The Hall–Kier alpha value is -4.72. The molecule has 5 N–H and O–H groups in total. The zero-order valence-electron chi connectivity index (χ0n) is 17.1. The lowest BCUT2D eigenvalue weighted by molar-refractivity contribution is 0.0696. The second-order valence-corrected chi connectivity index (χ2v) is 7.14. The zero-order chi connectivity index (χ0) is 23.0. The standard InChI is InChI=1S/C21H18N8O3/c1-10-3-4-29-17(10)16(12-5-13(21(31)32)7-14(30)6-12)27-19(28-29)11(2)26-20-15(8-22)18(23)24-9-25-20/h3-7,9,11,30H,1-2H3,(H,31,32)(H3,23,24,25,26)/t11-/m0/s1. The van der Waals surface area contributed by atoms with Crippen LogP contribution in [0.5, 0.6) is 5.75 Å². The Bertz CT molecular complexity index is 1410. The Balaban J connectivity index is 1.85.